The fraction of sp³-hybridized carbons (Fsp3) is 0.182. The number of nitrogens with two attached hydrogens (primary N) is 1. The minimum absolute atomic E-state index is 0.253. The minimum atomic E-state index is -0.960. The number of carbonyl (C=O) groups is 1. The number of aliphatic carboxylic acids is 1. The van der Waals surface area contributed by atoms with E-state index >= 15 is 0 Å². The maximum absolute atomic E-state index is 13.3. The van der Waals surface area contributed by atoms with Crippen LogP contribution in [0.4, 0.5) is 10.1 Å². The molecule has 16 heavy (non-hydrogen) atoms. The van der Waals surface area contributed by atoms with Gasteiger partial charge in [0.2, 0.25) is 0 Å². The summed E-state index contributed by atoms with van der Waals surface area (Å²) in [5.74, 6) is -0.927. The second kappa shape index (κ2) is 5.55. The lowest BCUT2D eigenvalue weighted by atomic mass is 10.3. The third-order valence-corrected chi connectivity index (χ3v) is 2.90. The van der Waals surface area contributed by atoms with Gasteiger partial charge >= 0.3 is 5.97 Å². The number of anilines is 1. The zero-order valence-corrected chi connectivity index (χ0v) is 9.55. The van der Waals surface area contributed by atoms with Gasteiger partial charge in [0.25, 0.3) is 0 Å². The van der Waals surface area contributed by atoms with E-state index in [9.17, 15) is 9.18 Å². The number of hydrogen-bond acceptors (Lipinski definition) is 3. The summed E-state index contributed by atoms with van der Waals surface area (Å²) < 4.78 is 13.3. The van der Waals surface area contributed by atoms with E-state index in [1.54, 1.807) is 18.2 Å². The van der Waals surface area contributed by atoms with Crippen LogP contribution in [0.25, 0.3) is 0 Å². The number of halogens is 1. The van der Waals surface area contributed by atoms with Crippen LogP contribution in [0.3, 0.4) is 0 Å². The Morgan fingerprint density at radius 2 is 2.31 bits per heavy atom. The molecule has 0 aliphatic heterocycles. The van der Waals surface area contributed by atoms with Crippen LogP contribution in [-0.4, -0.2) is 16.8 Å². The summed E-state index contributed by atoms with van der Waals surface area (Å²) in [5, 5.41) is 8.60. The highest BCUT2D eigenvalue weighted by Gasteiger charge is 2.03. The molecule has 0 aliphatic carbocycles. The predicted molar refractivity (Wildman–Crippen MR) is 62.9 cm³/mol. The monoisotopic (exact) mass is 241 g/mol. The normalized spacial score (nSPS) is 11.5. The van der Waals surface area contributed by atoms with Crippen molar-refractivity contribution >= 4 is 23.4 Å². The molecule has 0 atom stereocenters. The van der Waals surface area contributed by atoms with Gasteiger partial charge in [0.1, 0.15) is 5.82 Å². The molecule has 0 bridgehead atoms. The molecule has 0 radical (unpaired) electrons. The van der Waals surface area contributed by atoms with Gasteiger partial charge in [0.05, 0.1) is 0 Å². The van der Waals surface area contributed by atoms with E-state index in [4.69, 9.17) is 10.8 Å². The molecule has 0 spiro atoms. The largest absolute Gasteiger partial charge is 0.478 e. The Labute approximate surface area is 97.2 Å². The van der Waals surface area contributed by atoms with Crippen LogP contribution in [0.1, 0.15) is 6.92 Å². The molecule has 0 heterocycles. The van der Waals surface area contributed by atoms with Crippen molar-refractivity contribution in [1.82, 2.24) is 0 Å². The Hall–Kier alpha value is -1.49. The van der Waals surface area contributed by atoms with E-state index in [1.165, 1.54) is 24.8 Å². The first kappa shape index (κ1) is 12.6. The zero-order valence-electron chi connectivity index (χ0n) is 8.74. The molecule has 0 amide bonds. The highest BCUT2D eigenvalue weighted by molar-refractivity contribution is 7.99. The highest BCUT2D eigenvalue weighted by Crippen LogP contribution is 2.23. The van der Waals surface area contributed by atoms with Gasteiger partial charge in [-0.15, -0.1) is 11.8 Å². The molecule has 0 saturated carbocycles. The van der Waals surface area contributed by atoms with Crippen molar-refractivity contribution in [3.8, 4) is 0 Å². The molecule has 1 aromatic rings. The van der Waals surface area contributed by atoms with Crippen LogP contribution in [-0.2, 0) is 4.79 Å². The molecule has 1 rings (SSSR count). The molecule has 3 nitrogen and oxygen atoms in total. The van der Waals surface area contributed by atoms with Crippen molar-refractivity contribution in [3.63, 3.8) is 0 Å². The Balaban J connectivity index is 2.62. The second-order valence-corrected chi connectivity index (χ2v) is 4.25. The third kappa shape index (κ3) is 3.58. The molecule has 5 heteroatoms. The lowest BCUT2D eigenvalue weighted by Gasteiger charge is -2.01. The zero-order chi connectivity index (χ0) is 12.1. The average Bonchev–Trinajstić information content (AvgIpc) is 2.20. The Morgan fingerprint density at radius 1 is 1.62 bits per heavy atom. The quantitative estimate of drug-likeness (QED) is 0.483. The van der Waals surface area contributed by atoms with Crippen molar-refractivity contribution in [3.05, 3.63) is 35.7 Å². The number of rotatable bonds is 4. The molecular formula is C11H12FNO2S. The standard InChI is InChI=1S/C11H12FNO2S/c1-7(11(14)15)4-5-16-10-3-2-8(13)6-9(10)12/h2-4,6H,5,13H2,1H3,(H,14,15). The van der Waals surface area contributed by atoms with Gasteiger partial charge in [0, 0.05) is 21.9 Å². The van der Waals surface area contributed by atoms with Gasteiger partial charge in [-0.25, -0.2) is 9.18 Å². The number of carboxylic acids is 1. The van der Waals surface area contributed by atoms with E-state index < -0.39 is 5.97 Å². The van der Waals surface area contributed by atoms with E-state index in [-0.39, 0.29) is 11.4 Å². The predicted octanol–water partition coefficient (Wildman–Crippen LogP) is 2.53. The Morgan fingerprint density at radius 3 is 2.88 bits per heavy atom. The summed E-state index contributed by atoms with van der Waals surface area (Å²) in [4.78, 5) is 10.9. The average molecular weight is 241 g/mol. The molecule has 0 aliphatic rings. The molecule has 0 fully saturated rings. The van der Waals surface area contributed by atoms with Gasteiger partial charge in [-0.2, -0.15) is 0 Å². The lowest BCUT2D eigenvalue weighted by molar-refractivity contribution is -0.132. The van der Waals surface area contributed by atoms with E-state index in [0.29, 0.717) is 16.3 Å². The first-order valence-corrected chi connectivity index (χ1v) is 5.57. The molecule has 0 unspecified atom stereocenters. The topological polar surface area (TPSA) is 63.3 Å². The van der Waals surface area contributed by atoms with Crippen LogP contribution in [0.2, 0.25) is 0 Å². The maximum Gasteiger partial charge on any atom is 0.330 e. The number of benzene rings is 1. The van der Waals surface area contributed by atoms with Crippen LogP contribution in [0.5, 0.6) is 0 Å². The number of hydrogen-bond donors (Lipinski definition) is 2. The summed E-state index contributed by atoms with van der Waals surface area (Å²) in [6.07, 6.45) is 1.54. The van der Waals surface area contributed by atoms with E-state index in [1.807, 2.05) is 0 Å². The van der Waals surface area contributed by atoms with Crippen LogP contribution < -0.4 is 5.73 Å². The van der Waals surface area contributed by atoms with Crippen molar-refractivity contribution in [2.75, 3.05) is 11.5 Å². The van der Waals surface area contributed by atoms with Crippen LogP contribution in [0.15, 0.2) is 34.7 Å². The number of thioether (sulfide) groups is 1. The fourth-order valence-electron chi connectivity index (χ4n) is 0.978. The molecule has 3 N–H and O–H groups in total. The Kier molecular flexibility index (Phi) is 4.37. The Bertz CT molecular complexity index is 432. The highest BCUT2D eigenvalue weighted by atomic mass is 32.2. The summed E-state index contributed by atoms with van der Waals surface area (Å²) in [6.45, 7) is 1.50. The van der Waals surface area contributed by atoms with Crippen molar-refractivity contribution in [2.24, 2.45) is 0 Å². The van der Waals surface area contributed by atoms with Gasteiger partial charge < -0.3 is 10.8 Å². The van der Waals surface area contributed by atoms with Crippen molar-refractivity contribution < 1.29 is 14.3 Å². The summed E-state index contributed by atoms with van der Waals surface area (Å²) >= 11 is 1.23. The summed E-state index contributed by atoms with van der Waals surface area (Å²) in [7, 11) is 0. The van der Waals surface area contributed by atoms with E-state index in [2.05, 4.69) is 0 Å². The first-order valence-electron chi connectivity index (χ1n) is 4.58. The van der Waals surface area contributed by atoms with Gasteiger partial charge in [0.15, 0.2) is 0 Å². The lowest BCUT2D eigenvalue weighted by Crippen LogP contribution is -1.96. The maximum atomic E-state index is 13.3. The van der Waals surface area contributed by atoms with Crippen molar-refractivity contribution in [2.45, 2.75) is 11.8 Å². The SMILES string of the molecule is CC(=CCSc1ccc(N)cc1F)C(=O)O. The molecule has 0 saturated heterocycles. The van der Waals surface area contributed by atoms with Gasteiger partial charge in [-0.3, -0.25) is 0 Å². The van der Waals surface area contributed by atoms with Crippen LogP contribution in [0, 0.1) is 5.82 Å². The van der Waals surface area contributed by atoms with Gasteiger partial charge in [-0.05, 0) is 25.1 Å². The molecule has 86 valence electrons. The summed E-state index contributed by atoms with van der Waals surface area (Å²) in [6, 6.07) is 4.44. The minimum Gasteiger partial charge on any atom is -0.478 e. The number of nitrogen functional groups attached to an aromatic ring is 1. The fourth-order valence-corrected chi connectivity index (χ4v) is 1.85. The van der Waals surface area contributed by atoms with Gasteiger partial charge in [-0.1, -0.05) is 6.08 Å². The second-order valence-electron chi connectivity index (χ2n) is 3.19. The number of carboxylic acid groups (broad SMARTS) is 1. The van der Waals surface area contributed by atoms with Crippen molar-refractivity contribution in [1.29, 1.82) is 0 Å². The molecule has 1 aromatic carbocycles. The first-order chi connectivity index (χ1) is 7.50. The molecule has 0 aromatic heterocycles. The third-order valence-electron chi connectivity index (χ3n) is 1.92. The molecular weight excluding hydrogens is 229 g/mol. The smallest absolute Gasteiger partial charge is 0.330 e. The van der Waals surface area contributed by atoms with E-state index in [0.717, 1.165) is 0 Å². The van der Waals surface area contributed by atoms with Crippen LogP contribution >= 0.6 is 11.8 Å². The summed E-state index contributed by atoms with van der Waals surface area (Å²) in [5.41, 5.74) is 6.03.